The maximum absolute atomic E-state index is 14.3. The summed E-state index contributed by atoms with van der Waals surface area (Å²) in [5.41, 5.74) is 4.47. The summed E-state index contributed by atoms with van der Waals surface area (Å²) in [6.07, 6.45) is 11.3. The Morgan fingerprint density at radius 2 is 1.05 bits per heavy atom. The van der Waals surface area contributed by atoms with Crippen LogP contribution >= 0.6 is 0 Å². The summed E-state index contributed by atoms with van der Waals surface area (Å²) < 4.78 is 32.9. The first kappa shape index (κ1) is 38.6. The van der Waals surface area contributed by atoms with E-state index in [0.717, 1.165) is 46.6 Å². The fraction of sp³-hybridized carbons (Fsp3) is 0.449. The van der Waals surface area contributed by atoms with E-state index in [0.29, 0.717) is 44.8 Å². The van der Waals surface area contributed by atoms with Crippen molar-refractivity contribution in [2.75, 3.05) is 19.8 Å². The van der Waals surface area contributed by atoms with Crippen LogP contribution in [0.3, 0.4) is 0 Å². The first-order valence-corrected chi connectivity index (χ1v) is 20.8. The van der Waals surface area contributed by atoms with Crippen LogP contribution < -0.4 is 0 Å². The molecular weight excluding hydrogens is 699 g/mol. The molecule has 1 saturated heterocycles. The predicted octanol–water partition coefficient (Wildman–Crippen LogP) is 9.94. The van der Waals surface area contributed by atoms with Gasteiger partial charge in [-0.15, -0.1) is 0 Å². The number of hydrogen-bond acceptors (Lipinski definition) is 6. The molecule has 4 atom stereocenters. The van der Waals surface area contributed by atoms with Gasteiger partial charge in [0.05, 0.1) is 45.6 Å². The van der Waals surface area contributed by atoms with Crippen molar-refractivity contribution in [3.63, 3.8) is 0 Å². The minimum Gasteiger partial charge on any atom is -0.445 e. The number of carbonyl (C=O) groups is 1. The fourth-order valence-corrected chi connectivity index (χ4v) is 10.3. The number of amides is 1. The summed E-state index contributed by atoms with van der Waals surface area (Å²) in [5.74, 6) is 2.72. The van der Waals surface area contributed by atoms with Crippen LogP contribution in [0.2, 0.25) is 0 Å². The van der Waals surface area contributed by atoms with Gasteiger partial charge in [-0.2, -0.15) is 0 Å². The maximum Gasteiger partial charge on any atom is 0.410 e. The molecule has 4 aromatic carbocycles. The van der Waals surface area contributed by atoms with Gasteiger partial charge in [0, 0.05) is 0 Å². The largest absolute Gasteiger partial charge is 0.445 e. The summed E-state index contributed by atoms with van der Waals surface area (Å²) in [5, 5.41) is 0. The molecular formula is C49H57NO6. The summed E-state index contributed by atoms with van der Waals surface area (Å²) in [4.78, 5) is 16.1. The standard InChI is InChI=1S/C49H57NO6/c51-48(56-35-40-21-11-4-12-22-40)50-31-45(53-32-37-15-5-1-6-16-37)47(55-34-39-19-9-3-10-20-39)46(54-33-38-17-7-2-8-18-38)44(50)23-13-14-24-52-36-49-28-41-25-42(29-49)27-43(26-41)30-49/h1-22,41-47H,23-36H2/b14-13+/t41?,42?,43?,44-,45-,46+,47+,49?/m1/s1. The number of carbonyl (C=O) groups excluding carboxylic acids is 1. The lowest BCUT2D eigenvalue weighted by atomic mass is 9.50. The molecule has 5 aliphatic rings. The Morgan fingerprint density at radius 1 is 0.589 bits per heavy atom. The van der Waals surface area contributed by atoms with Crippen LogP contribution in [0.15, 0.2) is 133 Å². The number of rotatable bonds is 17. The zero-order valence-electron chi connectivity index (χ0n) is 32.5. The second-order valence-electron chi connectivity index (χ2n) is 16.8. The number of ether oxygens (including phenoxy) is 5. The first-order valence-electron chi connectivity index (χ1n) is 20.8. The summed E-state index contributed by atoms with van der Waals surface area (Å²) in [6, 6.07) is 39.9. The second kappa shape index (κ2) is 18.8. The SMILES string of the molecule is O=C(OCc1ccccc1)N1C[C@@H](OCc2ccccc2)[C@H](OCc2ccccc2)[C@@H](OCc2ccccc2)[C@H]1C/C=C/COCC12CC3CC(CC(C3)C1)C2. The third kappa shape index (κ3) is 9.99. The van der Waals surface area contributed by atoms with E-state index in [1.54, 1.807) is 0 Å². The normalized spacial score (nSPS) is 28.1. The van der Waals surface area contributed by atoms with E-state index in [9.17, 15) is 4.79 Å². The molecule has 0 spiro atoms. The van der Waals surface area contributed by atoms with Gasteiger partial charge in [-0.25, -0.2) is 4.79 Å². The van der Waals surface area contributed by atoms with Crippen LogP contribution in [0.25, 0.3) is 0 Å². The highest BCUT2D eigenvalue weighted by atomic mass is 16.6. The molecule has 294 valence electrons. The minimum atomic E-state index is -0.518. The van der Waals surface area contributed by atoms with Crippen molar-refractivity contribution >= 4 is 6.09 Å². The summed E-state index contributed by atoms with van der Waals surface area (Å²) in [6.45, 7) is 3.01. The molecule has 1 amide bonds. The van der Waals surface area contributed by atoms with Gasteiger partial charge < -0.3 is 23.7 Å². The Kier molecular flexibility index (Phi) is 12.9. The maximum atomic E-state index is 14.3. The van der Waals surface area contributed by atoms with Gasteiger partial charge in [-0.05, 0) is 90.4 Å². The van der Waals surface area contributed by atoms with E-state index in [4.69, 9.17) is 23.7 Å². The van der Waals surface area contributed by atoms with Gasteiger partial charge in [0.1, 0.15) is 24.9 Å². The zero-order valence-corrected chi connectivity index (χ0v) is 32.5. The molecule has 0 radical (unpaired) electrons. The Morgan fingerprint density at radius 3 is 1.57 bits per heavy atom. The van der Waals surface area contributed by atoms with Gasteiger partial charge in [0.2, 0.25) is 0 Å². The number of hydrogen-bond donors (Lipinski definition) is 0. The van der Waals surface area contributed by atoms with Crippen molar-refractivity contribution < 1.29 is 28.5 Å². The lowest BCUT2D eigenvalue weighted by Gasteiger charge is -2.56. The lowest BCUT2D eigenvalue weighted by Crippen LogP contribution is -2.64. The third-order valence-electron chi connectivity index (χ3n) is 12.5. The van der Waals surface area contributed by atoms with Gasteiger partial charge in [-0.3, -0.25) is 4.90 Å². The quantitative estimate of drug-likeness (QED) is 0.0790. The van der Waals surface area contributed by atoms with E-state index in [1.807, 2.05) is 89.8 Å². The van der Waals surface area contributed by atoms with Crippen LogP contribution in [0, 0.1) is 23.2 Å². The molecule has 9 rings (SSSR count). The minimum absolute atomic E-state index is 0.176. The van der Waals surface area contributed by atoms with Crippen molar-refractivity contribution in [2.45, 2.75) is 95.7 Å². The molecule has 4 aliphatic carbocycles. The molecule has 7 heteroatoms. The van der Waals surface area contributed by atoms with E-state index in [-0.39, 0.29) is 12.6 Å². The van der Waals surface area contributed by atoms with Crippen molar-refractivity contribution in [2.24, 2.45) is 23.2 Å². The van der Waals surface area contributed by atoms with Crippen LogP contribution in [-0.2, 0) is 50.1 Å². The van der Waals surface area contributed by atoms with Crippen molar-refractivity contribution in [3.8, 4) is 0 Å². The van der Waals surface area contributed by atoms with Crippen LogP contribution in [0.1, 0.15) is 67.2 Å². The Hall–Kier alpha value is -4.27. The van der Waals surface area contributed by atoms with Gasteiger partial charge in [0.15, 0.2) is 0 Å². The molecule has 7 nitrogen and oxygen atoms in total. The van der Waals surface area contributed by atoms with Crippen molar-refractivity contribution in [1.82, 2.24) is 4.90 Å². The monoisotopic (exact) mass is 755 g/mol. The van der Waals surface area contributed by atoms with E-state index in [1.165, 1.54) is 38.5 Å². The highest BCUT2D eigenvalue weighted by Crippen LogP contribution is 2.60. The highest BCUT2D eigenvalue weighted by Gasteiger charge is 2.51. The van der Waals surface area contributed by atoms with E-state index >= 15 is 0 Å². The molecule has 0 N–H and O–H groups in total. The summed E-state index contributed by atoms with van der Waals surface area (Å²) >= 11 is 0. The molecule has 56 heavy (non-hydrogen) atoms. The predicted molar refractivity (Wildman–Crippen MR) is 217 cm³/mol. The first-order chi connectivity index (χ1) is 27.6. The fourth-order valence-electron chi connectivity index (χ4n) is 10.3. The lowest BCUT2D eigenvalue weighted by molar-refractivity contribution is -0.197. The zero-order chi connectivity index (χ0) is 38.0. The molecule has 0 aromatic heterocycles. The average Bonchev–Trinajstić information content (AvgIpc) is 3.23. The molecule has 4 aromatic rings. The summed E-state index contributed by atoms with van der Waals surface area (Å²) in [7, 11) is 0. The Balaban J connectivity index is 1.03. The smallest absolute Gasteiger partial charge is 0.410 e. The Bertz CT molecular complexity index is 1780. The molecule has 5 fully saturated rings. The van der Waals surface area contributed by atoms with Crippen LogP contribution in [0.5, 0.6) is 0 Å². The van der Waals surface area contributed by atoms with E-state index < -0.39 is 24.4 Å². The molecule has 4 saturated carbocycles. The number of benzene rings is 4. The Labute approximate surface area is 333 Å². The molecule has 1 aliphatic heterocycles. The van der Waals surface area contributed by atoms with Gasteiger partial charge >= 0.3 is 6.09 Å². The van der Waals surface area contributed by atoms with E-state index in [2.05, 4.69) is 48.6 Å². The van der Waals surface area contributed by atoms with Crippen LogP contribution in [-0.4, -0.2) is 55.1 Å². The topological polar surface area (TPSA) is 66.5 Å². The number of nitrogens with zero attached hydrogens (tertiary/aromatic N) is 1. The molecule has 1 heterocycles. The molecule has 0 unspecified atom stereocenters. The highest BCUT2D eigenvalue weighted by molar-refractivity contribution is 5.68. The van der Waals surface area contributed by atoms with Gasteiger partial charge in [0.25, 0.3) is 0 Å². The van der Waals surface area contributed by atoms with Crippen molar-refractivity contribution in [1.29, 1.82) is 0 Å². The third-order valence-corrected chi connectivity index (χ3v) is 12.5. The van der Waals surface area contributed by atoms with Gasteiger partial charge in [-0.1, -0.05) is 133 Å². The van der Waals surface area contributed by atoms with Crippen molar-refractivity contribution in [3.05, 3.63) is 156 Å². The molecule has 4 bridgehead atoms. The number of piperidine rings is 1. The second-order valence-corrected chi connectivity index (χ2v) is 16.8. The van der Waals surface area contributed by atoms with Crippen LogP contribution in [0.4, 0.5) is 4.79 Å². The average molecular weight is 756 g/mol. The number of likely N-dealkylation sites (tertiary alicyclic amines) is 1.